The van der Waals surface area contributed by atoms with Crippen LogP contribution in [0, 0.1) is 6.92 Å². The minimum Gasteiger partial charge on any atom is -0.466 e. The number of fused-ring (bicyclic) bond motifs is 1. The van der Waals surface area contributed by atoms with Crippen LogP contribution in [0.4, 0.5) is 0 Å². The molecule has 35 heavy (non-hydrogen) atoms. The molecule has 0 bridgehead atoms. The van der Waals surface area contributed by atoms with Crippen molar-refractivity contribution in [3.8, 4) is 0 Å². The molecule has 0 fully saturated rings. The second kappa shape index (κ2) is 13.4. The smallest absolute Gasteiger partial charge is 0.306 e. The average Bonchev–Trinajstić information content (AvgIpc) is 3.33. The highest BCUT2D eigenvalue weighted by Crippen LogP contribution is 2.38. The van der Waals surface area contributed by atoms with E-state index in [-0.39, 0.29) is 43.8 Å². The number of thiophene rings is 1. The van der Waals surface area contributed by atoms with Crippen molar-refractivity contribution in [1.82, 2.24) is 9.80 Å². The average molecular weight is 501 g/mol. The first-order chi connectivity index (χ1) is 16.9. The molecule has 1 atom stereocenters. The summed E-state index contributed by atoms with van der Waals surface area (Å²) < 4.78 is 10.4. The summed E-state index contributed by atoms with van der Waals surface area (Å²) in [5, 5.41) is 2.08. The Labute approximate surface area is 212 Å². The highest BCUT2D eigenvalue weighted by molar-refractivity contribution is 7.10. The molecule has 2 amide bonds. The van der Waals surface area contributed by atoms with Crippen molar-refractivity contribution in [1.29, 1.82) is 0 Å². The van der Waals surface area contributed by atoms with Crippen molar-refractivity contribution in [2.75, 3.05) is 39.5 Å². The number of ether oxygens (including phenoxy) is 2. The van der Waals surface area contributed by atoms with Crippen LogP contribution in [0.3, 0.4) is 0 Å². The van der Waals surface area contributed by atoms with Crippen molar-refractivity contribution in [2.45, 2.75) is 52.5 Å². The van der Waals surface area contributed by atoms with Crippen LogP contribution < -0.4 is 0 Å². The second-order valence-corrected chi connectivity index (χ2v) is 9.62. The van der Waals surface area contributed by atoms with Gasteiger partial charge in [0.2, 0.25) is 11.8 Å². The Morgan fingerprint density at radius 1 is 1.09 bits per heavy atom. The van der Waals surface area contributed by atoms with E-state index in [2.05, 4.69) is 35.7 Å². The van der Waals surface area contributed by atoms with E-state index >= 15 is 0 Å². The van der Waals surface area contributed by atoms with Crippen LogP contribution in [0.15, 0.2) is 35.7 Å². The lowest BCUT2D eigenvalue weighted by Crippen LogP contribution is -2.47. The zero-order valence-corrected chi connectivity index (χ0v) is 21.8. The largest absolute Gasteiger partial charge is 0.466 e. The lowest BCUT2D eigenvalue weighted by Gasteiger charge is -2.37. The number of rotatable bonds is 12. The normalized spacial score (nSPS) is 14.9. The van der Waals surface area contributed by atoms with E-state index in [1.54, 1.807) is 23.2 Å². The van der Waals surface area contributed by atoms with E-state index < -0.39 is 5.97 Å². The van der Waals surface area contributed by atoms with Crippen LogP contribution in [-0.2, 0) is 30.3 Å². The lowest BCUT2D eigenvalue weighted by molar-refractivity contribution is -0.146. The molecule has 2 aromatic rings. The molecular weight excluding hydrogens is 464 g/mol. The number of aryl methyl sites for hydroxylation is 1. The van der Waals surface area contributed by atoms with Crippen molar-refractivity contribution < 1.29 is 23.9 Å². The molecule has 8 heteroatoms. The zero-order valence-electron chi connectivity index (χ0n) is 21.0. The molecule has 7 nitrogen and oxygen atoms in total. The predicted octanol–water partition coefficient (Wildman–Crippen LogP) is 4.13. The van der Waals surface area contributed by atoms with Gasteiger partial charge in [0, 0.05) is 37.6 Å². The fourth-order valence-corrected chi connectivity index (χ4v) is 5.25. The summed E-state index contributed by atoms with van der Waals surface area (Å²) in [5.41, 5.74) is 3.40. The Bertz CT molecular complexity index is 988. The van der Waals surface area contributed by atoms with Crippen LogP contribution >= 0.6 is 11.3 Å². The van der Waals surface area contributed by atoms with Crippen LogP contribution in [0.2, 0.25) is 0 Å². The van der Waals surface area contributed by atoms with E-state index in [4.69, 9.17) is 9.47 Å². The number of benzene rings is 1. The first kappa shape index (κ1) is 26.9. The minimum absolute atomic E-state index is 0.0107. The minimum atomic E-state index is -0.401. The van der Waals surface area contributed by atoms with E-state index in [1.165, 1.54) is 10.4 Å². The third-order valence-corrected chi connectivity index (χ3v) is 7.12. The maximum atomic E-state index is 13.6. The topological polar surface area (TPSA) is 76.2 Å². The second-order valence-electron chi connectivity index (χ2n) is 8.62. The summed E-state index contributed by atoms with van der Waals surface area (Å²) in [5.74, 6) is -0.710. The molecule has 0 saturated heterocycles. The summed E-state index contributed by atoms with van der Waals surface area (Å²) >= 11 is 1.73. The van der Waals surface area contributed by atoms with Gasteiger partial charge in [-0.3, -0.25) is 14.4 Å². The van der Waals surface area contributed by atoms with E-state index in [9.17, 15) is 14.4 Å². The summed E-state index contributed by atoms with van der Waals surface area (Å²) in [6.45, 7) is 8.09. The summed E-state index contributed by atoms with van der Waals surface area (Å²) in [6, 6.07) is 10.2. The van der Waals surface area contributed by atoms with Crippen LogP contribution in [0.25, 0.3) is 0 Å². The zero-order chi connectivity index (χ0) is 25.2. The van der Waals surface area contributed by atoms with E-state index in [0.717, 1.165) is 17.5 Å². The Hall–Kier alpha value is -2.71. The molecule has 2 heterocycles. The van der Waals surface area contributed by atoms with Gasteiger partial charge in [-0.2, -0.15) is 0 Å². The Kier molecular flexibility index (Phi) is 10.3. The highest BCUT2D eigenvalue weighted by atomic mass is 32.1. The molecule has 0 saturated carbocycles. The highest BCUT2D eigenvalue weighted by Gasteiger charge is 2.34. The third-order valence-electron chi connectivity index (χ3n) is 6.13. The van der Waals surface area contributed by atoms with Crippen molar-refractivity contribution in [3.05, 3.63) is 57.3 Å². The number of carbonyl (C=O) groups is 3. The maximum absolute atomic E-state index is 13.6. The van der Waals surface area contributed by atoms with Gasteiger partial charge in [0.15, 0.2) is 0 Å². The van der Waals surface area contributed by atoms with Gasteiger partial charge in [0.05, 0.1) is 25.6 Å². The van der Waals surface area contributed by atoms with Gasteiger partial charge in [0.1, 0.15) is 0 Å². The summed E-state index contributed by atoms with van der Waals surface area (Å²) in [6.07, 6.45) is 1.47. The van der Waals surface area contributed by atoms with Crippen molar-refractivity contribution in [2.24, 2.45) is 0 Å². The molecule has 0 N–H and O–H groups in total. The van der Waals surface area contributed by atoms with Crippen LogP contribution in [0.5, 0.6) is 0 Å². The number of nitrogens with zero attached hydrogens (tertiary/aromatic N) is 2. The number of esters is 1. The van der Waals surface area contributed by atoms with Gasteiger partial charge in [-0.15, -0.1) is 11.3 Å². The first-order valence-electron chi connectivity index (χ1n) is 12.4. The Morgan fingerprint density at radius 3 is 2.57 bits per heavy atom. The molecule has 1 aromatic heterocycles. The van der Waals surface area contributed by atoms with Gasteiger partial charge in [0.25, 0.3) is 0 Å². The molecule has 190 valence electrons. The van der Waals surface area contributed by atoms with Gasteiger partial charge in [-0.1, -0.05) is 29.8 Å². The number of amides is 2. The first-order valence-corrected chi connectivity index (χ1v) is 13.3. The molecule has 0 spiro atoms. The summed E-state index contributed by atoms with van der Waals surface area (Å²) in [7, 11) is 0. The quantitative estimate of drug-likeness (QED) is 0.324. The van der Waals surface area contributed by atoms with E-state index in [1.807, 2.05) is 18.7 Å². The number of hydrogen-bond acceptors (Lipinski definition) is 6. The van der Waals surface area contributed by atoms with Crippen molar-refractivity contribution in [3.63, 3.8) is 0 Å². The number of carbonyl (C=O) groups excluding carboxylic acids is 3. The Balaban J connectivity index is 1.76. The molecule has 1 aliphatic heterocycles. The fourth-order valence-electron chi connectivity index (χ4n) is 4.34. The van der Waals surface area contributed by atoms with Crippen molar-refractivity contribution >= 4 is 29.1 Å². The van der Waals surface area contributed by atoms with Gasteiger partial charge in [-0.05, 0) is 56.2 Å². The molecule has 0 aliphatic carbocycles. The monoisotopic (exact) mass is 500 g/mol. The molecule has 3 rings (SSSR count). The Morgan fingerprint density at radius 2 is 1.86 bits per heavy atom. The number of hydrogen-bond donors (Lipinski definition) is 0. The standard InChI is InChI=1S/C27H36N2O5S/c1-4-33-17-6-15-28(24(30)11-12-26(32)34-5-2)19-25(31)29-16-13-23-22(14-18-35-23)27(29)21-9-7-20(3)8-10-21/h7-10,14,18,27H,4-6,11-13,15-17,19H2,1-3H3. The van der Waals surface area contributed by atoms with Gasteiger partial charge >= 0.3 is 5.97 Å². The SMILES string of the molecule is CCOCCCN(CC(=O)N1CCc2sccc2C1c1ccc(C)cc1)C(=O)CCC(=O)OCC. The molecule has 0 radical (unpaired) electrons. The van der Waals surface area contributed by atoms with Crippen LogP contribution in [0.1, 0.15) is 60.7 Å². The van der Waals surface area contributed by atoms with E-state index in [0.29, 0.717) is 32.7 Å². The summed E-state index contributed by atoms with van der Waals surface area (Å²) in [4.78, 5) is 43.2. The molecule has 1 aromatic carbocycles. The lowest BCUT2D eigenvalue weighted by atomic mass is 9.92. The predicted molar refractivity (Wildman–Crippen MR) is 136 cm³/mol. The van der Waals surface area contributed by atoms with Gasteiger partial charge in [-0.25, -0.2) is 0 Å². The molecule has 1 unspecified atom stereocenters. The third kappa shape index (κ3) is 7.39. The molecular formula is C27H36N2O5S. The fraction of sp³-hybridized carbons (Fsp3) is 0.519. The van der Waals surface area contributed by atoms with Crippen LogP contribution in [-0.4, -0.2) is 67.0 Å². The van der Waals surface area contributed by atoms with Gasteiger partial charge < -0.3 is 19.3 Å². The maximum Gasteiger partial charge on any atom is 0.306 e. The molecule has 1 aliphatic rings.